The number of aryl methyl sites for hydroxylation is 2. The van der Waals surface area contributed by atoms with Gasteiger partial charge in [-0.15, -0.1) is 0 Å². The minimum Gasteiger partial charge on any atom is -0.351 e. The predicted octanol–water partition coefficient (Wildman–Crippen LogP) is 3.13. The lowest BCUT2D eigenvalue weighted by Crippen LogP contribution is -2.13. The molecule has 0 radical (unpaired) electrons. The highest BCUT2D eigenvalue weighted by Gasteiger charge is 2.09. The van der Waals surface area contributed by atoms with Gasteiger partial charge in [0.1, 0.15) is 5.82 Å². The summed E-state index contributed by atoms with van der Waals surface area (Å²) < 4.78 is 2.03. The summed E-state index contributed by atoms with van der Waals surface area (Å²) >= 11 is 0. The van der Waals surface area contributed by atoms with Crippen LogP contribution in [-0.4, -0.2) is 15.5 Å². The third-order valence-electron chi connectivity index (χ3n) is 3.39. The Morgan fingerprint density at radius 2 is 2.10 bits per heavy atom. The van der Waals surface area contributed by atoms with Crippen LogP contribution in [0.4, 0.5) is 5.82 Å². The lowest BCUT2D eigenvalue weighted by molar-refractivity contribution is 0.102. The zero-order valence-electron chi connectivity index (χ0n) is 11.4. The van der Waals surface area contributed by atoms with Crippen molar-refractivity contribution in [2.45, 2.75) is 6.92 Å². The van der Waals surface area contributed by atoms with Crippen molar-refractivity contribution in [2.75, 3.05) is 5.32 Å². The van der Waals surface area contributed by atoms with Crippen molar-refractivity contribution in [2.24, 2.45) is 7.05 Å². The summed E-state index contributed by atoms with van der Waals surface area (Å²) in [5.74, 6) is 0.461. The second kappa shape index (κ2) is 4.81. The monoisotopic (exact) mass is 265 g/mol. The molecule has 4 nitrogen and oxygen atoms in total. The molecule has 4 heteroatoms. The van der Waals surface area contributed by atoms with Crippen molar-refractivity contribution in [3.05, 3.63) is 59.9 Å². The zero-order chi connectivity index (χ0) is 14.1. The molecule has 0 aliphatic heterocycles. The van der Waals surface area contributed by atoms with E-state index >= 15 is 0 Å². The summed E-state index contributed by atoms with van der Waals surface area (Å²) in [6, 6.07) is 11.4. The van der Waals surface area contributed by atoms with E-state index in [1.54, 1.807) is 6.20 Å². The number of rotatable bonds is 2. The van der Waals surface area contributed by atoms with E-state index in [9.17, 15) is 4.79 Å². The Hall–Kier alpha value is -2.62. The van der Waals surface area contributed by atoms with E-state index < -0.39 is 0 Å². The lowest BCUT2D eigenvalue weighted by Gasteiger charge is -2.07. The number of hydrogen-bond donors (Lipinski definition) is 1. The standard InChI is InChI=1S/C16H15N3O/c1-11-4-3-8-17-15(11)18-16(20)13-5-6-14-12(10-13)7-9-19(14)2/h3-10H,1-2H3,(H,17,18,20). The van der Waals surface area contributed by atoms with Crippen LogP contribution >= 0.6 is 0 Å². The van der Waals surface area contributed by atoms with E-state index in [-0.39, 0.29) is 5.91 Å². The van der Waals surface area contributed by atoms with Crippen molar-refractivity contribution in [1.82, 2.24) is 9.55 Å². The van der Waals surface area contributed by atoms with Crippen LogP contribution in [0.5, 0.6) is 0 Å². The molecule has 3 aromatic rings. The average Bonchev–Trinajstić information content (AvgIpc) is 2.82. The van der Waals surface area contributed by atoms with Crippen LogP contribution in [0.1, 0.15) is 15.9 Å². The second-order valence-corrected chi connectivity index (χ2v) is 4.82. The topological polar surface area (TPSA) is 46.9 Å². The Balaban J connectivity index is 1.91. The molecule has 3 rings (SSSR count). The van der Waals surface area contributed by atoms with Gasteiger partial charge in [-0.05, 0) is 42.8 Å². The molecule has 0 saturated heterocycles. The molecule has 0 aliphatic rings. The number of nitrogens with zero attached hydrogens (tertiary/aromatic N) is 2. The molecule has 20 heavy (non-hydrogen) atoms. The van der Waals surface area contributed by atoms with Gasteiger partial charge >= 0.3 is 0 Å². The number of nitrogens with one attached hydrogen (secondary N) is 1. The highest BCUT2D eigenvalue weighted by molar-refractivity contribution is 6.06. The van der Waals surface area contributed by atoms with E-state index in [0.717, 1.165) is 16.5 Å². The minimum absolute atomic E-state index is 0.141. The van der Waals surface area contributed by atoms with Gasteiger partial charge in [-0.1, -0.05) is 6.07 Å². The average molecular weight is 265 g/mol. The van der Waals surface area contributed by atoms with Crippen LogP contribution in [0.2, 0.25) is 0 Å². The molecule has 0 saturated carbocycles. The third-order valence-corrected chi connectivity index (χ3v) is 3.39. The largest absolute Gasteiger partial charge is 0.351 e. The van der Waals surface area contributed by atoms with E-state index in [2.05, 4.69) is 10.3 Å². The smallest absolute Gasteiger partial charge is 0.256 e. The SMILES string of the molecule is Cc1cccnc1NC(=O)c1ccc2c(ccn2C)c1. The maximum atomic E-state index is 12.3. The van der Waals surface area contributed by atoms with Crippen LogP contribution in [0, 0.1) is 6.92 Å². The van der Waals surface area contributed by atoms with Gasteiger partial charge < -0.3 is 9.88 Å². The van der Waals surface area contributed by atoms with Gasteiger partial charge in [0.2, 0.25) is 0 Å². The number of hydrogen-bond acceptors (Lipinski definition) is 2. The molecule has 0 spiro atoms. The number of fused-ring (bicyclic) bond motifs is 1. The third kappa shape index (κ3) is 2.16. The van der Waals surface area contributed by atoms with Gasteiger partial charge in [0.25, 0.3) is 5.91 Å². The van der Waals surface area contributed by atoms with Crippen molar-refractivity contribution in [3.8, 4) is 0 Å². The van der Waals surface area contributed by atoms with Crippen LogP contribution in [-0.2, 0) is 7.05 Å². The van der Waals surface area contributed by atoms with Crippen LogP contribution in [0.15, 0.2) is 48.8 Å². The Morgan fingerprint density at radius 1 is 1.25 bits per heavy atom. The second-order valence-electron chi connectivity index (χ2n) is 4.82. The maximum Gasteiger partial charge on any atom is 0.256 e. The fourth-order valence-corrected chi connectivity index (χ4v) is 2.22. The van der Waals surface area contributed by atoms with E-state index in [4.69, 9.17) is 0 Å². The summed E-state index contributed by atoms with van der Waals surface area (Å²) in [7, 11) is 1.99. The molecule has 0 aliphatic carbocycles. The van der Waals surface area contributed by atoms with Gasteiger partial charge in [-0.3, -0.25) is 4.79 Å². The molecule has 0 atom stereocenters. The molecule has 1 amide bonds. The van der Waals surface area contributed by atoms with Crippen LogP contribution < -0.4 is 5.32 Å². The number of benzene rings is 1. The zero-order valence-corrected chi connectivity index (χ0v) is 11.4. The number of pyridine rings is 1. The molecule has 2 aromatic heterocycles. The number of aromatic nitrogens is 2. The molecule has 1 aromatic carbocycles. The Bertz CT molecular complexity index is 789. The summed E-state index contributed by atoms with van der Waals surface area (Å²) in [4.78, 5) is 16.4. The van der Waals surface area contributed by atoms with Crippen LogP contribution in [0.25, 0.3) is 10.9 Å². The van der Waals surface area contributed by atoms with E-state index in [1.807, 2.05) is 61.1 Å². The molecule has 2 heterocycles. The number of anilines is 1. The molecular weight excluding hydrogens is 250 g/mol. The Labute approximate surface area is 117 Å². The summed E-state index contributed by atoms with van der Waals surface area (Å²) in [5.41, 5.74) is 2.69. The number of amides is 1. The fraction of sp³-hybridized carbons (Fsp3) is 0.125. The summed E-state index contributed by atoms with van der Waals surface area (Å²) in [5, 5.41) is 3.89. The van der Waals surface area contributed by atoms with E-state index in [0.29, 0.717) is 11.4 Å². The molecular formula is C16H15N3O. The van der Waals surface area contributed by atoms with Gasteiger partial charge in [-0.2, -0.15) is 0 Å². The maximum absolute atomic E-state index is 12.3. The highest BCUT2D eigenvalue weighted by Crippen LogP contribution is 2.18. The van der Waals surface area contributed by atoms with Crippen molar-refractivity contribution in [1.29, 1.82) is 0 Å². The van der Waals surface area contributed by atoms with Gasteiger partial charge in [0.15, 0.2) is 0 Å². The first-order chi connectivity index (χ1) is 9.65. The number of carbonyl (C=O) groups is 1. The van der Waals surface area contributed by atoms with Gasteiger partial charge in [0.05, 0.1) is 0 Å². The lowest BCUT2D eigenvalue weighted by atomic mass is 10.1. The molecule has 0 unspecified atom stereocenters. The van der Waals surface area contributed by atoms with Crippen molar-refractivity contribution < 1.29 is 4.79 Å². The van der Waals surface area contributed by atoms with Crippen molar-refractivity contribution >= 4 is 22.6 Å². The number of carbonyl (C=O) groups excluding carboxylic acids is 1. The van der Waals surface area contributed by atoms with Crippen LogP contribution in [0.3, 0.4) is 0 Å². The molecule has 0 fully saturated rings. The predicted molar refractivity (Wildman–Crippen MR) is 79.8 cm³/mol. The Morgan fingerprint density at radius 3 is 2.90 bits per heavy atom. The molecule has 100 valence electrons. The van der Waals surface area contributed by atoms with E-state index in [1.165, 1.54) is 0 Å². The van der Waals surface area contributed by atoms with Crippen molar-refractivity contribution in [3.63, 3.8) is 0 Å². The summed E-state index contributed by atoms with van der Waals surface area (Å²) in [6.45, 7) is 1.92. The highest BCUT2D eigenvalue weighted by atomic mass is 16.1. The fourth-order valence-electron chi connectivity index (χ4n) is 2.22. The molecule has 1 N–H and O–H groups in total. The quantitative estimate of drug-likeness (QED) is 0.773. The van der Waals surface area contributed by atoms with Gasteiger partial charge in [0, 0.05) is 35.9 Å². The van der Waals surface area contributed by atoms with Gasteiger partial charge in [-0.25, -0.2) is 4.98 Å². The first-order valence-corrected chi connectivity index (χ1v) is 6.43. The normalized spacial score (nSPS) is 10.7. The first kappa shape index (κ1) is 12.4. The minimum atomic E-state index is -0.141. The first-order valence-electron chi connectivity index (χ1n) is 6.43. The Kier molecular flexibility index (Phi) is 2.99. The molecule has 0 bridgehead atoms. The summed E-state index contributed by atoms with van der Waals surface area (Å²) in [6.07, 6.45) is 3.65.